The second-order valence-electron chi connectivity index (χ2n) is 7.05. The lowest BCUT2D eigenvalue weighted by Crippen LogP contribution is -2.13. The van der Waals surface area contributed by atoms with Gasteiger partial charge < -0.3 is 9.67 Å². The summed E-state index contributed by atoms with van der Waals surface area (Å²) < 4.78 is 13.8. The van der Waals surface area contributed by atoms with Crippen molar-refractivity contribution in [3.63, 3.8) is 0 Å². The molecule has 0 fully saturated rings. The summed E-state index contributed by atoms with van der Waals surface area (Å²) in [5, 5.41) is 10.8. The molecule has 3 heteroatoms. The molecular weight excluding hydrogens is 363 g/mol. The Morgan fingerprint density at radius 2 is 1.14 bits per heavy atom. The first-order valence-corrected chi connectivity index (χ1v) is 11.9. The predicted octanol–water partition coefficient (Wildman–Crippen LogP) is 5.87. The van der Waals surface area contributed by atoms with E-state index in [0.29, 0.717) is 25.2 Å². The Morgan fingerprint density at radius 1 is 0.714 bits per heavy atom. The van der Waals surface area contributed by atoms with Crippen LogP contribution >= 0.6 is 7.14 Å². The van der Waals surface area contributed by atoms with E-state index in [1.54, 1.807) is 6.08 Å². The van der Waals surface area contributed by atoms with Crippen LogP contribution in [-0.2, 0) is 17.4 Å². The summed E-state index contributed by atoms with van der Waals surface area (Å²) >= 11 is 0. The molecule has 28 heavy (non-hydrogen) atoms. The van der Waals surface area contributed by atoms with Gasteiger partial charge in [-0.1, -0.05) is 97.1 Å². The maximum absolute atomic E-state index is 13.8. The number of hydrogen-bond donors (Lipinski definition) is 1. The van der Waals surface area contributed by atoms with E-state index >= 15 is 0 Å². The van der Waals surface area contributed by atoms with Gasteiger partial charge in [-0.3, -0.25) is 0 Å². The zero-order valence-electron chi connectivity index (χ0n) is 16.0. The second kappa shape index (κ2) is 10.2. The summed E-state index contributed by atoms with van der Waals surface area (Å²) in [7, 11) is -2.81. The summed E-state index contributed by atoms with van der Waals surface area (Å²) in [5.41, 5.74) is 3.31. The molecule has 1 N–H and O–H groups in total. The van der Waals surface area contributed by atoms with Crippen LogP contribution in [0.3, 0.4) is 0 Å². The number of benzene rings is 3. The molecule has 0 aromatic heterocycles. The molecule has 1 atom stereocenters. The SMILES string of the molecule is O=P(CCc1ccccc1)(CCc1ccccc1)C(O)/C=C/c1ccccc1. The van der Waals surface area contributed by atoms with E-state index in [0.717, 1.165) is 16.7 Å². The molecule has 3 aromatic carbocycles. The molecule has 0 saturated carbocycles. The van der Waals surface area contributed by atoms with Crippen LogP contribution in [0, 0.1) is 0 Å². The Labute approximate surface area is 167 Å². The third kappa shape index (κ3) is 6.05. The molecule has 2 nitrogen and oxygen atoms in total. The highest BCUT2D eigenvalue weighted by Crippen LogP contribution is 2.51. The van der Waals surface area contributed by atoms with Gasteiger partial charge in [-0.25, -0.2) is 0 Å². The summed E-state index contributed by atoms with van der Waals surface area (Å²) in [6.45, 7) is 0. The van der Waals surface area contributed by atoms with Gasteiger partial charge in [0.2, 0.25) is 0 Å². The molecule has 1 unspecified atom stereocenters. The number of rotatable bonds is 9. The van der Waals surface area contributed by atoms with Crippen molar-refractivity contribution in [3.05, 3.63) is 114 Å². The van der Waals surface area contributed by atoms with Gasteiger partial charge in [-0.15, -0.1) is 0 Å². The number of aliphatic hydroxyl groups excluding tert-OH is 1. The highest BCUT2D eigenvalue weighted by atomic mass is 31.2. The maximum Gasteiger partial charge on any atom is 0.125 e. The molecule has 144 valence electrons. The standard InChI is InChI=1S/C25H27O2P/c26-25(17-16-22-10-4-1-5-11-22)28(27,20-18-23-12-6-2-7-13-23)21-19-24-14-8-3-9-15-24/h1-17,25-26H,18-21H2/b17-16+. The average Bonchev–Trinajstić information content (AvgIpc) is 2.77. The molecule has 0 spiro atoms. The van der Waals surface area contributed by atoms with E-state index in [1.165, 1.54) is 0 Å². The lowest BCUT2D eigenvalue weighted by atomic mass is 10.2. The third-order valence-electron chi connectivity index (χ3n) is 4.99. The summed E-state index contributed by atoms with van der Waals surface area (Å²) in [5.74, 6) is -0.930. The number of hydrogen-bond acceptors (Lipinski definition) is 2. The molecule has 0 aliphatic rings. The normalized spacial score (nSPS) is 12.9. The molecule has 0 radical (unpaired) electrons. The Kier molecular flexibility index (Phi) is 7.42. The Hall–Kier alpha value is -2.41. The molecule has 0 saturated heterocycles. The Morgan fingerprint density at radius 3 is 1.61 bits per heavy atom. The topological polar surface area (TPSA) is 37.3 Å². The van der Waals surface area contributed by atoms with Crippen molar-refractivity contribution in [2.75, 3.05) is 12.3 Å². The minimum Gasteiger partial charge on any atom is -0.381 e. The second-order valence-corrected chi connectivity index (χ2v) is 10.4. The van der Waals surface area contributed by atoms with Crippen LogP contribution in [0.25, 0.3) is 6.08 Å². The minimum absolute atomic E-state index is 0.504. The van der Waals surface area contributed by atoms with Crippen LogP contribution in [-0.4, -0.2) is 23.3 Å². The van der Waals surface area contributed by atoms with E-state index < -0.39 is 13.0 Å². The van der Waals surface area contributed by atoms with Crippen molar-refractivity contribution in [2.45, 2.75) is 18.7 Å². The quantitative estimate of drug-likeness (QED) is 0.464. The van der Waals surface area contributed by atoms with E-state index in [-0.39, 0.29) is 0 Å². The summed E-state index contributed by atoms with van der Waals surface area (Å²) in [6, 6.07) is 30.0. The van der Waals surface area contributed by atoms with Gasteiger partial charge in [-0.05, 0) is 35.6 Å². The third-order valence-corrected chi connectivity index (χ3v) is 8.08. The van der Waals surface area contributed by atoms with Crippen LogP contribution in [0.4, 0.5) is 0 Å². The maximum atomic E-state index is 13.8. The van der Waals surface area contributed by atoms with Crippen LogP contribution in [0.15, 0.2) is 97.1 Å². The summed E-state index contributed by atoms with van der Waals surface area (Å²) in [4.78, 5) is 0. The monoisotopic (exact) mass is 390 g/mol. The number of aryl methyl sites for hydroxylation is 2. The van der Waals surface area contributed by atoms with Gasteiger partial charge in [0.1, 0.15) is 13.0 Å². The van der Waals surface area contributed by atoms with Crippen LogP contribution in [0.2, 0.25) is 0 Å². The van der Waals surface area contributed by atoms with Gasteiger partial charge in [0.15, 0.2) is 0 Å². The highest BCUT2D eigenvalue weighted by Gasteiger charge is 2.29. The van der Waals surface area contributed by atoms with Gasteiger partial charge in [0.25, 0.3) is 0 Å². The Balaban J connectivity index is 1.73. The first kappa shape index (κ1) is 20.3. The van der Waals surface area contributed by atoms with Crippen molar-refractivity contribution in [2.24, 2.45) is 0 Å². The van der Waals surface area contributed by atoms with Crippen LogP contribution in [0.1, 0.15) is 16.7 Å². The fraction of sp³-hybridized carbons (Fsp3) is 0.200. The zero-order chi connectivity index (χ0) is 19.7. The average molecular weight is 390 g/mol. The summed E-state index contributed by atoms with van der Waals surface area (Å²) in [6.07, 6.45) is 6.00. The van der Waals surface area contributed by atoms with Crippen molar-refractivity contribution in [3.8, 4) is 0 Å². The smallest absolute Gasteiger partial charge is 0.125 e. The molecule has 3 rings (SSSR count). The van der Waals surface area contributed by atoms with Crippen molar-refractivity contribution >= 4 is 13.2 Å². The van der Waals surface area contributed by atoms with Gasteiger partial charge in [0, 0.05) is 12.3 Å². The van der Waals surface area contributed by atoms with Gasteiger partial charge in [0.05, 0.1) is 0 Å². The fourth-order valence-electron chi connectivity index (χ4n) is 3.22. The predicted molar refractivity (Wildman–Crippen MR) is 119 cm³/mol. The highest BCUT2D eigenvalue weighted by molar-refractivity contribution is 7.64. The van der Waals surface area contributed by atoms with Crippen molar-refractivity contribution in [1.82, 2.24) is 0 Å². The van der Waals surface area contributed by atoms with Gasteiger partial charge in [-0.2, -0.15) is 0 Å². The lowest BCUT2D eigenvalue weighted by molar-refractivity contribution is 0.293. The van der Waals surface area contributed by atoms with Crippen LogP contribution < -0.4 is 0 Å². The molecule has 0 aliphatic heterocycles. The first-order chi connectivity index (χ1) is 13.7. The molecule has 0 heterocycles. The Bertz CT molecular complexity index is 858. The fourth-order valence-corrected chi connectivity index (χ4v) is 5.65. The molecule has 0 amide bonds. The van der Waals surface area contributed by atoms with Gasteiger partial charge >= 0.3 is 0 Å². The van der Waals surface area contributed by atoms with E-state index in [4.69, 9.17) is 0 Å². The first-order valence-electron chi connectivity index (χ1n) is 9.73. The molecule has 0 bridgehead atoms. The van der Waals surface area contributed by atoms with Crippen molar-refractivity contribution < 1.29 is 9.67 Å². The lowest BCUT2D eigenvalue weighted by Gasteiger charge is -2.22. The molecule has 0 aliphatic carbocycles. The number of aliphatic hydroxyl groups is 1. The van der Waals surface area contributed by atoms with E-state index in [9.17, 15) is 9.67 Å². The minimum atomic E-state index is -2.81. The van der Waals surface area contributed by atoms with E-state index in [1.807, 2.05) is 97.1 Å². The van der Waals surface area contributed by atoms with Crippen molar-refractivity contribution in [1.29, 1.82) is 0 Å². The molecular formula is C25H27O2P. The largest absolute Gasteiger partial charge is 0.381 e. The van der Waals surface area contributed by atoms with E-state index in [2.05, 4.69) is 0 Å². The molecule has 3 aromatic rings. The van der Waals surface area contributed by atoms with Crippen LogP contribution in [0.5, 0.6) is 0 Å². The zero-order valence-corrected chi connectivity index (χ0v) is 16.9.